The smallest absolute Gasteiger partial charge is 0.251 e. The Kier molecular flexibility index (Phi) is 6.99. The van der Waals surface area contributed by atoms with E-state index in [9.17, 15) is 9.59 Å². The molecular weight excluding hydrogens is 338 g/mol. The zero-order valence-corrected chi connectivity index (χ0v) is 15.6. The van der Waals surface area contributed by atoms with Crippen molar-refractivity contribution in [2.45, 2.75) is 25.3 Å². The number of carbonyl (C=O) groups is 2. The first-order valence-electron chi connectivity index (χ1n) is 9.59. The third-order valence-electron chi connectivity index (χ3n) is 4.88. The van der Waals surface area contributed by atoms with Crippen LogP contribution < -0.4 is 10.6 Å². The van der Waals surface area contributed by atoms with Crippen LogP contribution in [0.4, 0.5) is 0 Å². The second-order valence-corrected chi connectivity index (χ2v) is 6.99. The lowest BCUT2D eigenvalue weighted by Gasteiger charge is -2.33. The fourth-order valence-corrected chi connectivity index (χ4v) is 3.44. The van der Waals surface area contributed by atoms with E-state index < -0.39 is 0 Å². The summed E-state index contributed by atoms with van der Waals surface area (Å²) in [5, 5.41) is 5.74. The average molecular weight is 365 g/mol. The van der Waals surface area contributed by atoms with Gasteiger partial charge in [-0.2, -0.15) is 0 Å². The number of nitrogens with one attached hydrogen (secondary N) is 2. The minimum absolute atomic E-state index is 0.00818. The Bertz CT molecular complexity index is 734. The first-order valence-corrected chi connectivity index (χ1v) is 9.59. The van der Waals surface area contributed by atoms with Gasteiger partial charge >= 0.3 is 0 Å². The lowest BCUT2D eigenvalue weighted by Crippen LogP contribution is -2.50. The molecule has 27 heavy (non-hydrogen) atoms. The van der Waals surface area contributed by atoms with Gasteiger partial charge in [0.05, 0.1) is 6.54 Å². The van der Waals surface area contributed by atoms with Gasteiger partial charge in [0.15, 0.2) is 0 Å². The van der Waals surface area contributed by atoms with Gasteiger partial charge in [0.25, 0.3) is 5.91 Å². The van der Waals surface area contributed by atoms with Crippen LogP contribution >= 0.6 is 0 Å². The van der Waals surface area contributed by atoms with E-state index in [-0.39, 0.29) is 24.4 Å². The van der Waals surface area contributed by atoms with Crippen molar-refractivity contribution >= 4 is 11.8 Å². The predicted octanol–water partition coefficient (Wildman–Crippen LogP) is 2.24. The molecule has 0 unspecified atom stereocenters. The van der Waals surface area contributed by atoms with Crippen LogP contribution in [0.15, 0.2) is 60.7 Å². The van der Waals surface area contributed by atoms with E-state index in [0.717, 1.165) is 38.9 Å². The summed E-state index contributed by atoms with van der Waals surface area (Å²) in [6.45, 7) is 2.95. The van der Waals surface area contributed by atoms with Gasteiger partial charge in [-0.05, 0) is 43.5 Å². The highest BCUT2D eigenvalue weighted by Gasteiger charge is 2.21. The van der Waals surface area contributed by atoms with Gasteiger partial charge in [-0.1, -0.05) is 48.5 Å². The second-order valence-electron chi connectivity index (χ2n) is 6.99. The number of amides is 2. The molecule has 1 aliphatic rings. The summed E-state index contributed by atoms with van der Waals surface area (Å²) >= 11 is 0. The third kappa shape index (κ3) is 6.22. The highest BCUT2D eigenvalue weighted by molar-refractivity contribution is 5.96. The second kappa shape index (κ2) is 9.88. The molecule has 5 nitrogen and oxygen atoms in total. The molecule has 0 aromatic heterocycles. The van der Waals surface area contributed by atoms with Crippen LogP contribution in [0.5, 0.6) is 0 Å². The fraction of sp³-hybridized carbons (Fsp3) is 0.364. The summed E-state index contributed by atoms with van der Waals surface area (Å²) in [4.78, 5) is 26.6. The van der Waals surface area contributed by atoms with Gasteiger partial charge in [-0.25, -0.2) is 0 Å². The Labute approximate surface area is 160 Å². The summed E-state index contributed by atoms with van der Waals surface area (Å²) in [6, 6.07) is 19.6. The first kappa shape index (κ1) is 19.1. The third-order valence-corrected chi connectivity index (χ3v) is 4.88. The van der Waals surface area contributed by atoms with Crippen molar-refractivity contribution in [2.75, 3.05) is 26.2 Å². The molecule has 1 saturated heterocycles. The monoisotopic (exact) mass is 365 g/mol. The highest BCUT2D eigenvalue weighted by Crippen LogP contribution is 2.11. The van der Waals surface area contributed by atoms with Crippen LogP contribution in [-0.2, 0) is 11.2 Å². The first-order chi connectivity index (χ1) is 13.2. The minimum Gasteiger partial charge on any atom is -0.351 e. The minimum atomic E-state index is -0.223. The van der Waals surface area contributed by atoms with E-state index in [1.54, 1.807) is 24.3 Å². The van der Waals surface area contributed by atoms with Crippen molar-refractivity contribution in [1.82, 2.24) is 15.5 Å². The number of carbonyl (C=O) groups excluding carboxylic acids is 2. The summed E-state index contributed by atoms with van der Waals surface area (Å²) < 4.78 is 0. The van der Waals surface area contributed by atoms with Crippen molar-refractivity contribution in [3.8, 4) is 0 Å². The largest absolute Gasteiger partial charge is 0.351 e. The maximum atomic E-state index is 12.2. The molecule has 5 heteroatoms. The molecule has 2 aromatic carbocycles. The Morgan fingerprint density at radius 3 is 2.44 bits per heavy atom. The standard InChI is InChI=1S/C22H27N3O2/c26-21(16-23-22(27)19-10-5-2-6-11-19)24-20-12-7-14-25(17-20)15-13-18-8-3-1-4-9-18/h1-6,8-11,20H,7,12-17H2,(H,23,27)(H,24,26)/t20-/m1/s1. The lowest BCUT2D eigenvalue weighted by molar-refractivity contribution is -0.121. The van der Waals surface area contributed by atoms with Gasteiger partial charge in [0.2, 0.25) is 5.91 Å². The van der Waals surface area contributed by atoms with Gasteiger partial charge in [0.1, 0.15) is 0 Å². The van der Waals surface area contributed by atoms with Crippen LogP contribution in [0, 0.1) is 0 Å². The average Bonchev–Trinajstić information content (AvgIpc) is 2.72. The van der Waals surface area contributed by atoms with E-state index in [0.29, 0.717) is 5.56 Å². The van der Waals surface area contributed by atoms with E-state index in [2.05, 4.69) is 39.8 Å². The predicted molar refractivity (Wildman–Crippen MR) is 107 cm³/mol. The molecule has 2 amide bonds. The van der Waals surface area contributed by atoms with Gasteiger partial charge < -0.3 is 15.5 Å². The zero-order chi connectivity index (χ0) is 18.9. The summed E-state index contributed by atoms with van der Waals surface area (Å²) in [6.07, 6.45) is 3.09. The molecule has 0 saturated carbocycles. The lowest BCUT2D eigenvalue weighted by atomic mass is 10.0. The van der Waals surface area contributed by atoms with Crippen molar-refractivity contribution in [1.29, 1.82) is 0 Å². The number of benzene rings is 2. The Morgan fingerprint density at radius 2 is 1.70 bits per heavy atom. The fourth-order valence-electron chi connectivity index (χ4n) is 3.44. The Morgan fingerprint density at radius 1 is 1.00 bits per heavy atom. The van der Waals surface area contributed by atoms with E-state index in [4.69, 9.17) is 0 Å². The summed E-state index contributed by atoms with van der Waals surface area (Å²) in [5.41, 5.74) is 1.90. The molecule has 3 rings (SSSR count). The van der Waals surface area contributed by atoms with Gasteiger partial charge in [-0.15, -0.1) is 0 Å². The molecular formula is C22H27N3O2. The zero-order valence-electron chi connectivity index (χ0n) is 15.6. The number of nitrogens with zero attached hydrogens (tertiary/aromatic N) is 1. The van der Waals surface area contributed by atoms with Crippen molar-refractivity contribution in [3.63, 3.8) is 0 Å². The van der Waals surface area contributed by atoms with Crippen molar-refractivity contribution < 1.29 is 9.59 Å². The number of hydrogen-bond donors (Lipinski definition) is 2. The molecule has 2 aromatic rings. The number of piperidine rings is 1. The van der Waals surface area contributed by atoms with E-state index in [1.165, 1.54) is 5.56 Å². The maximum absolute atomic E-state index is 12.2. The SMILES string of the molecule is O=C(CNC(=O)c1ccccc1)N[C@@H]1CCCN(CCc2ccccc2)C1. The van der Waals surface area contributed by atoms with Crippen molar-refractivity contribution in [3.05, 3.63) is 71.8 Å². The molecule has 1 fully saturated rings. The summed E-state index contributed by atoms with van der Waals surface area (Å²) in [5.74, 6) is -0.354. The molecule has 0 bridgehead atoms. The molecule has 0 spiro atoms. The normalized spacial score (nSPS) is 17.3. The number of likely N-dealkylation sites (tertiary alicyclic amines) is 1. The van der Waals surface area contributed by atoms with E-state index in [1.807, 2.05) is 12.1 Å². The van der Waals surface area contributed by atoms with Crippen LogP contribution in [0.1, 0.15) is 28.8 Å². The number of rotatable bonds is 7. The van der Waals surface area contributed by atoms with Crippen molar-refractivity contribution in [2.24, 2.45) is 0 Å². The summed E-state index contributed by atoms with van der Waals surface area (Å²) in [7, 11) is 0. The maximum Gasteiger partial charge on any atom is 0.251 e. The molecule has 0 aliphatic carbocycles. The molecule has 142 valence electrons. The molecule has 1 atom stereocenters. The molecule has 1 heterocycles. The van der Waals surface area contributed by atoms with E-state index >= 15 is 0 Å². The van der Waals surface area contributed by atoms with Crippen LogP contribution in [0.2, 0.25) is 0 Å². The topological polar surface area (TPSA) is 61.4 Å². The molecule has 1 aliphatic heterocycles. The van der Waals surface area contributed by atoms with Crippen LogP contribution in [0.3, 0.4) is 0 Å². The van der Waals surface area contributed by atoms with Crippen LogP contribution in [-0.4, -0.2) is 48.9 Å². The Balaban J connectivity index is 1.39. The van der Waals surface area contributed by atoms with Gasteiger partial charge in [0, 0.05) is 24.7 Å². The molecule has 2 N–H and O–H groups in total. The Hall–Kier alpha value is -2.66. The molecule has 0 radical (unpaired) electrons. The van der Waals surface area contributed by atoms with Gasteiger partial charge in [-0.3, -0.25) is 9.59 Å². The quantitative estimate of drug-likeness (QED) is 0.791. The highest BCUT2D eigenvalue weighted by atomic mass is 16.2. The number of hydrogen-bond acceptors (Lipinski definition) is 3. The van der Waals surface area contributed by atoms with Crippen LogP contribution in [0.25, 0.3) is 0 Å².